The topological polar surface area (TPSA) is 35.5 Å². The first-order valence-corrected chi connectivity index (χ1v) is 12.8. The summed E-state index contributed by atoms with van der Waals surface area (Å²) >= 11 is 3.51. The molecule has 0 amide bonds. The largest absolute Gasteiger partial charge is 0.466 e. The molecular weight excluding hydrogens is 396 g/mol. The number of hydrogen-bond acceptors (Lipinski definition) is 3. The second kappa shape index (κ2) is 11.1. The highest BCUT2D eigenvalue weighted by atomic mass is 79.9. The molecule has 0 bridgehead atoms. The Bertz CT molecular complexity index is 506. The monoisotopic (exact) mass is 428 g/mol. The number of hydrogen-bond donors (Lipinski definition) is 0. The Labute approximate surface area is 162 Å². The van der Waals surface area contributed by atoms with E-state index in [0.29, 0.717) is 13.0 Å². The molecule has 0 saturated heterocycles. The Morgan fingerprint density at radius 2 is 1.64 bits per heavy atom. The second-order valence-electron chi connectivity index (χ2n) is 6.65. The maximum atomic E-state index is 11.7. The molecule has 1 aromatic carbocycles. The normalized spacial score (nSPS) is 14.2. The van der Waals surface area contributed by atoms with Crippen molar-refractivity contribution in [1.29, 1.82) is 0 Å². The van der Waals surface area contributed by atoms with E-state index in [0.717, 1.165) is 29.0 Å². The SMILES string of the molecule is CCOC(=O)CC[C@@H](C)[C@H](O[Si](CC)(CC)CC)c1ccc(Br)cc1. The van der Waals surface area contributed by atoms with Crippen molar-refractivity contribution in [3.8, 4) is 0 Å². The van der Waals surface area contributed by atoms with Gasteiger partial charge in [0.1, 0.15) is 0 Å². The van der Waals surface area contributed by atoms with E-state index in [9.17, 15) is 4.79 Å². The molecule has 0 fully saturated rings. The van der Waals surface area contributed by atoms with Gasteiger partial charge in [0.15, 0.2) is 8.32 Å². The summed E-state index contributed by atoms with van der Waals surface area (Å²) in [5, 5.41) is 0. The van der Waals surface area contributed by atoms with Crippen molar-refractivity contribution in [3.63, 3.8) is 0 Å². The van der Waals surface area contributed by atoms with Gasteiger partial charge in [-0.25, -0.2) is 0 Å². The second-order valence-corrected chi connectivity index (χ2v) is 12.3. The molecule has 25 heavy (non-hydrogen) atoms. The standard InChI is InChI=1S/C20H33BrO3Si/c1-6-23-19(22)15-10-16(5)20(17-11-13-18(21)14-12-17)24-25(7-2,8-3)9-4/h11-14,16,20H,6-10,15H2,1-5H3/t16-,20+/m1/s1. The average Bonchev–Trinajstić information content (AvgIpc) is 2.63. The lowest BCUT2D eigenvalue weighted by Gasteiger charge is -2.36. The Morgan fingerprint density at radius 3 is 2.12 bits per heavy atom. The van der Waals surface area contributed by atoms with Gasteiger partial charge in [0.2, 0.25) is 0 Å². The minimum Gasteiger partial charge on any atom is -0.466 e. The Hall–Kier alpha value is -0.653. The minimum absolute atomic E-state index is 0.0362. The lowest BCUT2D eigenvalue weighted by atomic mass is 9.93. The lowest BCUT2D eigenvalue weighted by molar-refractivity contribution is -0.143. The van der Waals surface area contributed by atoms with E-state index < -0.39 is 8.32 Å². The van der Waals surface area contributed by atoms with Crippen LogP contribution in [0.15, 0.2) is 28.7 Å². The third-order valence-electron chi connectivity index (χ3n) is 5.13. The molecule has 0 saturated carbocycles. The van der Waals surface area contributed by atoms with Crippen LogP contribution in [0.1, 0.15) is 59.1 Å². The van der Waals surface area contributed by atoms with Gasteiger partial charge in [0.05, 0.1) is 12.7 Å². The summed E-state index contributed by atoms with van der Waals surface area (Å²) in [6.45, 7) is 11.2. The molecule has 3 nitrogen and oxygen atoms in total. The van der Waals surface area contributed by atoms with Crippen molar-refractivity contribution in [2.75, 3.05) is 6.61 Å². The van der Waals surface area contributed by atoms with Crippen molar-refractivity contribution in [2.45, 2.75) is 71.7 Å². The van der Waals surface area contributed by atoms with Crippen LogP contribution in [0.25, 0.3) is 0 Å². The van der Waals surface area contributed by atoms with Crippen molar-refractivity contribution in [2.24, 2.45) is 5.92 Å². The maximum Gasteiger partial charge on any atom is 0.305 e. The Balaban J connectivity index is 2.98. The van der Waals surface area contributed by atoms with Crippen LogP contribution >= 0.6 is 15.9 Å². The summed E-state index contributed by atoms with van der Waals surface area (Å²) in [5.41, 5.74) is 1.20. The first-order valence-electron chi connectivity index (χ1n) is 9.50. The number of benzene rings is 1. The summed E-state index contributed by atoms with van der Waals surface area (Å²) in [6, 6.07) is 11.8. The zero-order valence-electron chi connectivity index (χ0n) is 16.3. The van der Waals surface area contributed by atoms with Crippen LogP contribution in [0.5, 0.6) is 0 Å². The van der Waals surface area contributed by atoms with Crippen LogP contribution in [0.2, 0.25) is 18.1 Å². The fraction of sp³-hybridized carbons (Fsp3) is 0.650. The molecule has 0 spiro atoms. The van der Waals surface area contributed by atoms with Crippen LogP contribution in [-0.4, -0.2) is 20.9 Å². The zero-order chi connectivity index (χ0) is 18.9. The van der Waals surface area contributed by atoms with Gasteiger partial charge >= 0.3 is 5.97 Å². The highest BCUT2D eigenvalue weighted by Crippen LogP contribution is 2.36. The molecule has 142 valence electrons. The quantitative estimate of drug-likeness (QED) is 0.298. The molecule has 5 heteroatoms. The third-order valence-corrected chi connectivity index (χ3v) is 10.3. The van der Waals surface area contributed by atoms with Crippen LogP contribution < -0.4 is 0 Å². The molecule has 1 rings (SSSR count). The summed E-state index contributed by atoms with van der Waals surface area (Å²) in [4.78, 5) is 11.7. The number of rotatable bonds is 11. The molecule has 1 aromatic rings. The molecular formula is C20H33BrO3Si. The van der Waals surface area contributed by atoms with Gasteiger partial charge in [-0.15, -0.1) is 0 Å². The van der Waals surface area contributed by atoms with Crippen molar-refractivity contribution in [3.05, 3.63) is 34.3 Å². The Morgan fingerprint density at radius 1 is 1.08 bits per heavy atom. The molecule has 2 atom stereocenters. The first kappa shape index (κ1) is 22.4. The fourth-order valence-corrected chi connectivity index (χ4v) is 6.34. The molecule has 0 unspecified atom stereocenters. The molecule has 0 aliphatic rings. The Kier molecular flexibility index (Phi) is 9.98. The van der Waals surface area contributed by atoms with E-state index in [1.54, 1.807) is 0 Å². The van der Waals surface area contributed by atoms with Crippen molar-refractivity contribution < 1.29 is 14.0 Å². The van der Waals surface area contributed by atoms with Crippen molar-refractivity contribution in [1.82, 2.24) is 0 Å². The fourth-order valence-electron chi connectivity index (χ4n) is 3.16. The van der Waals surface area contributed by atoms with E-state index in [1.807, 2.05) is 6.92 Å². The summed E-state index contributed by atoms with van der Waals surface area (Å²) in [5.74, 6) is 0.149. The van der Waals surface area contributed by atoms with Gasteiger partial charge in [-0.05, 0) is 55.1 Å². The minimum atomic E-state index is -1.74. The predicted molar refractivity (Wildman–Crippen MR) is 110 cm³/mol. The van der Waals surface area contributed by atoms with Gasteiger partial charge in [-0.1, -0.05) is 55.8 Å². The summed E-state index contributed by atoms with van der Waals surface area (Å²) in [6.07, 6.45) is 1.26. The number of esters is 1. The smallest absolute Gasteiger partial charge is 0.305 e. The van der Waals surface area contributed by atoms with Crippen LogP contribution in [0.3, 0.4) is 0 Å². The molecule has 0 aliphatic heterocycles. The first-order chi connectivity index (χ1) is 11.9. The van der Waals surface area contributed by atoms with Crippen LogP contribution in [0, 0.1) is 5.92 Å². The summed E-state index contributed by atoms with van der Waals surface area (Å²) < 4.78 is 13.0. The van der Waals surface area contributed by atoms with Gasteiger partial charge in [-0.2, -0.15) is 0 Å². The highest BCUT2D eigenvalue weighted by molar-refractivity contribution is 9.10. The van der Waals surface area contributed by atoms with Gasteiger partial charge in [0.25, 0.3) is 0 Å². The number of halogens is 1. The van der Waals surface area contributed by atoms with Gasteiger partial charge in [0, 0.05) is 10.9 Å². The maximum absolute atomic E-state index is 11.7. The third kappa shape index (κ3) is 6.87. The lowest BCUT2D eigenvalue weighted by Crippen LogP contribution is -2.38. The van der Waals surface area contributed by atoms with Crippen LogP contribution in [-0.2, 0) is 14.0 Å². The molecule has 0 heterocycles. The van der Waals surface area contributed by atoms with Crippen molar-refractivity contribution >= 4 is 30.2 Å². The molecule has 0 N–H and O–H groups in total. The number of carbonyl (C=O) groups is 1. The summed E-state index contributed by atoms with van der Waals surface area (Å²) in [7, 11) is -1.74. The van der Waals surface area contributed by atoms with E-state index >= 15 is 0 Å². The van der Waals surface area contributed by atoms with E-state index in [4.69, 9.17) is 9.16 Å². The van der Waals surface area contributed by atoms with E-state index in [1.165, 1.54) is 5.56 Å². The van der Waals surface area contributed by atoms with Crippen LogP contribution in [0.4, 0.5) is 0 Å². The number of carbonyl (C=O) groups excluding carboxylic acids is 1. The molecule has 0 aliphatic carbocycles. The average molecular weight is 429 g/mol. The van der Waals surface area contributed by atoms with Gasteiger partial charge < -0.3 is 9.16 Å². The zero-order valence-corrected chi connectivity index (χ0v) is 18.9. The molecule has 0 aromatic heterocycles. The van der Waals surface area contributed by atoms with E-state index in [2.05, 4.69) is 67.9 Å². The number of ether oxygens (including phenoxy) is 1. The highest BCUT2D eigenvalue weighted by Gasteiger charge is 2.34. The predicted octanol–water partition coefficient (Wildman–Crippen LogP) is 6.49. The molecule has 0 radical (unpaired) electrons. The van der Waals surface area contributed by atoms with E-state index in [-0.39, 0.29) is 18.0 Å². The van der Waals surface area contributed by atoms with Gasteiger partial charge in [-0.3, -0.25) is 4.79 Å².